The van der Waals surface area contributed by atoms with Crippen LogP contribution in [0.25, 0.3) is 0 Å². The summed E-state index contributed by atoms with van der Waals surface area (Å²) in [5, 5.41) is 6.77. The Bertz CT molecular complexity index is 963. The summed E-state index contributed by atoms with van der Waals surface area (Å²) in [5.74, 6) is -0.546. The monoisotopic (exact) mass is 399 g/mol. The zero-order valence-electron chi connectivity index (χ0n) is 13.2. The van der Waals surface area contributed by atoms with Gasteiger partial charge in [-0.15, -0.1) is 0 Å². The van der Waals surface area contributed by atoms with Crippen molar-refractivity contribution in [2.75, 3.05) is 5.01 Å². The van der Waals surface area contributed by atoms with E-state index < -0.39 is 15.9 Å². The molecule has 1 aliphatic heterocycles. The third-order valence-electron chi connectivity index (χ3n) is 4.00. The maximum Gasteiger partial charge on any atom is 0.271 e. The van der Waals surface area contributed by atoms with Crippen molar-refractivity contribution in [3.05, 3.63) is 57.6 Å². The van der Waals surface area contributed by atoms with Crippen LogP contribution in [0.4, 0.5) is 5.69 Å². The van der Waals surface area contributed by atoms with Crippen LogP contribution in [0.1, 0.15) is 22.8 Å². The highest BCUT2D eigenvalue weighted by Gasteiger charge is 2.28. The lowest BCUT2D eigenvalue weighted by Gasteiger charge is -2.25. The molecule has 0 saturated heterocycles. The number of hydrazine groups is 1. The van der Waals surface area contributed by atoms with Crippen LogP contribution >= 0.6 is 23.2 Å². The molecule has 6 nitrogen and oxygen atoms in total. The molecule has 0 saturated carbocycles. The number of carbonyl (C=O) groups excluding carboxylic acids is 1. The number of para-hydroxylation sites is 1. The number of fused-ring (bicyclic) bond motifs is 1. The first-order chi connectivity index (χ1) is 11.7. The number of sulfonamides is 1. The molecule has 3 rings (SSSR count). The van der Waals surface area contributed by atoms with Gasteiger partial charge in [0.2, 0.25) is 10.0 Å². The minimum absolute atomic E-state index is 0.0216. The van der Waals surface area contributed by atoms with Crippen molar-refractivity contribution < 1.29 is 13.2 Å². The van der Waals surface area contributed by atoms with Crippen molar-refractivity contribution in [1.82, 2.24) is 5.43 Å². The summed E-state index contributed by atoms with van der Waals surface area (Å²) in [6.45, 7) is 1.97. The molecule has 9 heteroatoms. The SMILES string of the molecule is CC1Cc2ccccc2N1NC(=O)c1cc(S(N)(=O)=O)c(Cl)cc1Cl. The van der Waals surface area contributed by atoms with E-state index in [9.17, 15) is 13.2 Å². The molecule has 1 unspecified atom stereocenters. The molecule has 1 atom stereocenters. The minimum Gasteiger partial charge on any atom is -0.282 e. The summed E-state index contributed by atoms with van der Waals surface area (Å²) in [6.07, 6.45) is 0.785. The maximum atomic E-state index is 12.7. The van der Waals surface area contributed by atoms with Crippen LogP contribution in [0.5, 0.6) is 0 Å². The van der Waals surface area contributed by atoms with Crippen LogP contribution in [0.2, 0.25) is 10.0 Å². The summed E-state index contributed by atoms with van der Waals surface area (Å²) >= 11 is 11.9. The first kappa shape index (κ1) is 18.0. The van der Waals surface area contributed by atoms with Crippen molar-refractivity contribution in [2.45, 2.75) is 24.3 Å². The van der Waals surface area contributed by atoms with Crippen LogP contribution < -0.4 is 15.6 Å². The van der Waals surface area contributed by atoms with Crippen LogP contribution in [0.15, 0.2) is 41.3 Å². The molecular weight excluding hydrogens is 385 g/mol. The number of hydrogen-bond acceptors (Lipinski definition) is 4. The third-order valence-corrected chi connectivity index (χ3v) is 5.69. The zero-order chi connectivity index (χ0) is 18.4. The Morgan fingerprint density at radius 2 is 1.92 bits per heavy atom. The predicted octanol–water partition coefficient (Wildman–Crippen LogP) is 2.74. The van der Waals surface area contributed by atoms with Gasteiger partial charge in [-0.1, -0.05) is 41.4 Å². The Labute approximate surface area is 155 Å². The number of rotatable bonds is 3. The highest BCUT2D eigenvalue weighted by molar-refractivity contribution is 7.89. The smallest absolute Gasteiger partial charge is 0.271 e. The molecule has 1 amide bonds. The quantitative estimate of drug-likeness (QED) is 0.829. The van der Waals surface area contributed by atoms with Crippen molar-refractivity contribution >= 4 is 44.8 Å². The van der Waals surface area contributed by atoms with Crippen LogP contribution in [-0.2, 0) is 16.4 Å². The number of halogens is 2. The molecule has 0 bridgehead atoms. The molecular formula is C16H15Cl2N3O3S. The second-order valence-corrected chi connectivity index (χ2v) is 8.14. The predicted molar refractivity (Wildman–Crippen MR) is 97.4 cm³/mol. The van der Waals surface area contributed by atoms with E-state index in [2.05, 4.69) is 5.43 Å². The second kappa shape index (κ2) is 6.49. The van der Waals surface area contributed by atoms with E-state index in [0.717, 1.165) is 23.7 Å². The van der Waals surface area contributed by atoms with Crippen LogP contribution in [-0.4, -0.2) is 20.4 Å². The summed E-state index contributed by atoms with van der Waals surface area (Å²) in [7, 11) is -4.08. The minimum atomic E-state index is -4.08. The van der Waals surface area contributed by atoms with Gasteiger partial charge in [-0.2, -0.15) is 0 Å². The number of primary sulfonamides is 1. The average molecular weight is 400 g/mol. The highest BCUT2D eigenvalue weighted by Crippen LogP contribution is 2.31. The van der Waals surface area contributed by atoms with Crippen molar-refractivity contribution in [1.29, 1.82) is 0 Å². The van der Waals surface area contributed by atoms with Gasteiger partial charge >= 0.3 is 0 Å². The van der Waals surface area contributed by atoms with Crippen molar-refractivity contribution in [3.63, 3.8) is 0 Å². The Kier molecular flexibility index (Phi) is 4.68. The van der Waals surface area contributed by atoms with E-state index in [4.69, 9.17) is 28.3 Å². The zero-order valence-corrected chi connectivity index (χ0v) is 15.5. The van der Waals surface area contributed by atoms with E-state index in [1.807, 2.05) is 31.2 Å². The van der Waals surface area contributed by atoms with Gasteiger partial charge in [0.15, 0.2) is 0 Å². The average Bonchev–Trinajstić information content (AvgIpc) is 2.82. The number of carbonyl (C=O) groups is 1. The number of nitrogens with two attached hydrogens (primary N) is 1. The molecule has 132 valence electrons. The molecule has 0 fully saturated rings. The molecule has 1 heterocycles. The largest absolute Gasteiger partial charge is 0.282 e. The van der Waals surface area contributed by atoms with Crippen molar-refractivity contribution in [3.8, 4) is 0 Å². The van der Waals surface area contributed by atoms with Gasteiger partial charge in [0.1, 0.15) is 4.90 Å². The Morgan fingerprint density at radius 1 is 1.24 bits per heavy atom. The summed E-state index contributed by atoms with van der Waals surface area (Å²) < 4.78 is 23.2. The lowest BCUT2D eigenvalue weighted by Crippen LogP contribution is -2.45. The standard InChI is InChI=1S/C16H15Cl2N3O3S/c1-9-6-10-4-2-3-5-14(10)21(9)20-16(22)11-7-15(25(19,23)24)13(18)8-12(11)17/h2-5,7-9H,6H2,1H3,(H,20,22)(H2,19,23,24). The number of nitrogens with one attached hydrogen (secondary N) is 1. The molecule has 0 spiro atoms. The molecule has 0 aliphatic carbocycles. The topological polar surface area (TPSA) is 92.5 Å². The first-order valence-electron chi connectivity index (χ1n) is 7.38. The molecule has 0 aromatic heterocycles. The Hall–Kier alpha value is -1.80. The van der Waals surface area contributed by atoms with Gasteiger partial charge in [0.05, 0.1) is 27.3 Å². The van der Waals surface area contributed by atoms with Crippen LogP contribution in [0.3, 0.4) is 0 Å². The van der Waals surface area contributed by atoms with Gasteiger partial charge in [-0.25, -0.2) is 13.6 Å². The van der Waals surface area contributed by atoms with E-state index >= 15 is 0 Å². The second-order valence-electron chi connectivity index (χ2n) is 5.80. The third kappa shape index (κ3) is 3.46. The fourth-order valence-electron chi connectivity index (χ4n) is 2.83. The van der Waals surface area contributed by atoms with E-state index in [1.54, 1.807) is 5.01 Å². The van der Waals surface area contributed by atoms with Gasteiger partial charge < -0.3 is 0 Å². The van der Waals surface area contributed by atoms with Crippen LogP contribution in [0, 0.1) is 0 Å². The number of benzene rings is 2. The Morgan fingerprint density at radius 3 is 2.60 bits per heavy atom. The molecule has 1 aliphatic rings. The molecule has 25 heavy (non-hydrogen) atoms. The number of amides is 1. The fraction of sp³-hybridized carbons (Fsp3) is 0.188. The first-order valence-corrected chi connectivity index (χ1v) is 9.68. The van der Waals surface area contributed by atoms with Gasteiger partial charge in [0, 0.05) is 0 Å². The molecule has 3 N–H and O–H groups in total. The van der Waals surface area contributed by atoms with E-state index in [0.29, 0.717) is 0 Å². The molecule has 2 aromatic carbocycles. The lowest BCUT2D eigenvalue weighted by molar-refractivity contribution is 0.0946. The maximum absolute atomic E-state index is 12.7. The Balaban J connectivity index is 1.95. The summed E-state index contributed by atoms with van der Waals surface area (Å²) in [5.41, 5.74) is 4.75. The normalized spacial score (nSPS) is 16.6. The number of hydrogen-bond donors (Lipinski definition) is 2. The number of anilines is 1. The van der Waals surface area contributed by atoms with Gasteiger partial charge in [0.25, 0.3) is 5.91 Å². The lowest BCUT2D eigenvalue weighted by atomic mass is 10.1. The number of nitrogens with zero attached hydrogens (tertiary/aromatic N) is 1. The van der Waals surface area contributed by atoms with E-state index in [1.165, 1.54) is 6.07 Å². The molecule has 0 radical (unpaired) electrons. The fourth-order valence-corrected chi connectivity index (χ4v) is 4.23. The molecule has 2 aromatic rings. The van der Waals surface area contributed by atoms with E-state index in [-0.39, 0.29) is 26.5 Å². The van der Waals surface area contributed by atoms with Crippen molar-refractivity contribution in [2.24, 2.45) is 5.14 Å². The summed E-state index contributed by atoms with van der Waals surface area (Å²) in [6, 6.07) is 10.0. The summed E-state index contributed by atoms with van der Waals surface area (Å²) in [4.78, 5) is 12.3. The van der Waals surface area contributed by atoms with Gasteiger partial charge in [-0.3, -0.25) is 15.2 Å². The van der Waals surface area contributed by atoms with Gasteiger partial charge in [-0.05, 0) is 37.1 Å². The highest BCUT2D eigenvalue weighted by atomic mass is 35.5.